The summed E-state index contributed by atoms with van der Waals surface area (Å²) in [6, 6.07) is -1.35. The van der Waals surface area contributed by atoms with Crippen LogP contribution in [0.3, 0.4) is 0 Å². The van der Waals surface area contributed by atoms with Gasteiger partial charge < -0.3 is 5.32 Å². The summed E-state index contributed by atoms with van der Waals surface area (Å²) in [5.41, 5.74) is 2.39. The number of ketones is 2. The van der Waals surface area contributed by atoms with Gasteiger partial charge in [0, 0.05) is 6.26 Å². The normalized spacial score (nSPS) is 15.1. The van der Waals surface area contributed by atoms with Crippen molar-refractivity contribution in [3.63, 3.8) is 0 Å². The molecule has 0 spiro atoms. The van der Waals surface area contributed by atoms with E-state index in [4.69, 9.17) is 5.84 Å². The van der Waals surface area contributed by atoms with Gasteiger partial charge in [0.1, 0.15) is 9.84 Å². The SMILES string of the molecule is CC(C)[C@H](NN)C(=O)C(=O)[C@@H](NCCCS(C)(=O)=O)C(C)C. The molecule has 0 heterocycles. The Balaban J connectivity index is 4.74. The molecule has 0 aliphatic heterocycles. The smallest absolute Gasteiger partial charge is 0.218 e. The summed E-state index contributed by atoms with van der Waals surface area (Å²) in [6.07, 6.45) is 1.56. The Morgan fingerprint density at radius 3 is 1.82 bits per heavy atom. The third-order valence-corrected chi connectivity index (χ3v) is 4.41. The first-order valence-electron chi connectivity index (χ1n) is 7.46. The minimum absolute atomic E-state index is 0.0475. The van der Waals surface area contributed by atoms with Gasteiger partial charge in [0.15, 0.2) is 0 Å². The molecule has 0 saturated carbocycles. The van der Waals surface area contributed by atoms with Gasteiger partial charge in [-0.3, -0.25) is 15.4 Å². The van der Waals surface area contributed by atoms with Crippen LogP contribution in [-0.4, -0.2) is 50.6 Å². The maximum atomic E-state index is 12.4. The third-order valence-electron chi connectivity index (χ3n) is 3.38. The van der Waals surface area contributed by atoms with E-state index >= 15 is 0 Å². The van der Waals surface area contributed by atoms with Crippen LogP contribution in [0.15, 0.2) is 0 Å². The number of hydrogen-bond donors (Lipinski definition) is 3. The summed E-state index contributed by atoms with van der Waals surface area (Å²) < 4.78 is 22.2. The van der Waals surface area contributed by atoms with Crippen LogP contribution in [0.4, 0.5) is 0 Å². The van der Waals surface area contributed by atoms with Crippen LogP contribution in [0, 0.1) is 11.8 Å². The lowest BCUT2D eigenvalue weighted by atomic mass is 9.90. The third kappa shape index (κ3) is 7.44. The molecule has 22 heavy (non-hydrogen) atoms. The van der Waals surface area contributed by atoms with Crippen LogP contribution in [0.2, 0.25) is 0 Å². The molecule has 0 rings (SSSR count). The standard InChI is InChI=1S/C14H29N3O4S/c1-9(2)11(16-7-6-8-22(5,20)21)13(18)14(19)12(17-15)10(3)4/h9-12,16-17H,6-8,15H2,1-5H3/t11-,12-/m0/s1. The lowest BCUT2D eigenvalue weighted by Crippen LogP contribution is -2.54. The molecule has 0 fully saturated rings. The Morgan fingerprint density at radius 2 is 1.45 bits per heavy atom. The molecule has 0 saturated heterocycles. The highest BCUT2D eigenvalue weighted by molar-refractivity contribution is 7.90. The van der Waals surface area contributed by atoms with Crippen LogP contribution in [-0.2, 0) is 19.4 Å². The molecule has 0 bridgehead atoms. The van der Waals surface area contributed by atoms with Gasteiger partial charge in [-0.1, -0.05) is 27.7 Å². The molecule has 0 aromatic rings. The summed E-state index contributed by atoms with van der Waals surface area (Å²) in [6.45, 7) is 7.63. The van der Waals surface area contributed by atoms with E-state index < -0.39 is 33.5 Å². The topological polar surface area (TPSA) is 118 Å². The number of nitrogens with two attached hydrogens (primary N) is 1. The van der Waals surface area contributed by atoms with E-state index in [1.54, 1.807) is 13.8 Å². The maximum absolute atomic E-state index is 12.4. The molecule has 2 atom stereocenters. The Hall–Kier alpha value is -0.830. The zero-order valence-corrected chi connectivity index (χ0v) is 14.9. The van der Waals surface area contributed by atoms with Crippen molar-refractivity contribution in [2.75, 3.05) is 18.6 Å². The van der Waals surface area contributed by atoms with E-state index in [9.17, 15) is 18.0 Å². The van der Waals surface area contributed by atoms with Gasteiger partial charge in [-0.05, 0) is 24.8 Å². The molecule has 0 aliphatic rings. The van der Waals surface area contributed by atoms with Crippen molar-refractivity contribution in [3.05, 3.63) is 0 Å². The average molecular weight is 335 g/mol. The minimum Gasteiger partial charge on any atom is -0.307 e. The zero-order valence-electron chi connectivity index (χ0n) is 14.0. The fourth-order valence-electron chi connectivity index (χ4n) is 2.10. The summed E-state index contributed by atoms with van der Waals surface area (Å²) in [4.78, 5) is 24.6. The molecular formula is C14H29N3O4S. The fourth-order valence-corrected chi connectivity index (χ4v) is 2.77. The Labute approximate surface area is 133 Å². The van der Waals surface area contributed by atoms with Gasteiger partial charge in [-0.2, -0.15) is 0 Å². The number of sulfone groups is 1. The van der Waals surface area contributed by atoms with Crippen LogP contribution in [0.25, 0.3) is 0 Å². The lowest BCUT2D eigenvalue weighted by molar-refractivity contribution is -0.140. The van der Waals surface area contributed by atoms with Crippen LogP contribution in [0.5, 0.6) is 0 Å². The van der Waals surface area contributed by atoms with Crippen molar-refractivity contribution in [1.29, 1.82) is 0 Å². The summed E-state index contributed by atoms with van der Waals surface area (Å²) >= 11 is 0. The highest BCUT2D eigenvalue weighted by Gasteiger charge is 2.33. The van der Waals surface area contributed by atoms with Crippen molar-refractivity contribution >= 4 is 21.4 Å². The molecule has 0 unspecified atom stereocenters. The number of Topliss-reactive ketones (excluding diaryl/α,β-unsaturated/α-hetero) is 2. The molecule has 130 valence electrons. The van der Waals surface area contributed by atoms with Gasteiger partial charge in [0.25, 0.3) is 0 Å². The van der Waals surface area contributed by atoms with Gasteiger partial charge >= 0.3 is 0 Å². The molecular weight excluding hydrogens is 306 g/mol. The molecule has 0 aromatic heterocycles. The predicted octanol–water partition coefficient (Wildman–Crippen LogP) is -0.339. The second-order valence-electron chi connectivity index (χ2n) is 6.28. The van der Waals surface area contributed by atoms with Crippen molar-refractivity contribution in [2.24, 2.45) is 17.7 Å². The highest BCUT2D eigenvalue weighted by Crippen LogP contribution is 2.09. The predicted molar refractivity (Wildman–Crippen MR) is 86.9 cm³/mol. The van der Waals surface area contributed by atoms with Gasteiger partial charge in [-0.25, -0.2) is 13.8 Å². The molecule has 0 radical (unpaired) electrons. The van der Waals surface area contributed by atoms with Crippen LogP contribution in [0.1, 0.15) is 34.1 Å². The number of carbonyl (C=O) groups is 2. The van der Waals surface area contributed by atoms with E-state index in [-0.39, 0.29) is 17.6 Å². The Morgan fingerprint density at radius 1 is 1.00 bits per heavy atom. The quantitative estimate of drug-likeness (QED) is 0.205. The van der Waals surface area contributed by atoms with E-state index in [2.05, 4.69) is 10.7 Å². The van der Waals surface area contributed by atoms with E-state index in [0.717, 1.165) is 0 Å². The van der Waals surface area contributed by atoms with Gasteiger partial charge in [-0.15, -0.1) is 0 Å². The average Bonchev–Trinajstić information content (AvgIpc) is 2.36. The van der Waals surface area contributed by atoms with Crippen molar-refractivity contribution in [2.45, 2.75) is 46.2 Å². The minimum atomic E-state index is -3.03. The monoisotopic (exact) mass is 335 g/mol. The van der Waals surface area contributed by atoms with Gasteiger partial charge in [0.2, 0.25) is 11.6 Å². The first kappa shape index (κ1) is 21.2. The Bertz CT molecular complexity index is 474. The summed E-state index contributed by atoms with van der Waals surface area (Å²) in [5.74, 6) is 4.14. The largest absolute Gasteiger partial charge is 0.307 e. The van der Waals surface area contributed by atoms with Crippen molar-refractivity contribution in [3.8, 4) is 0 Å². The van der Waals surface area contributed by atoms with E-state index in [1.807, 2.05) is 13.8 Å². The number of carbonyl (C=O) groups excluding carboxylic acids is 2. The molecule has 8 heteroatoms. The Kier molecular flexibility index (Phi) is 8.99. The second kappa shape index (κ2) is 9.34. The van der Waals surface area contributed by atoms with Crippen molar-refractivity contribution in [1.82, 2.24) is 10.7 Å². The van der Waals surface area contributed by atoms with Crippen molar-refractivity contribution < 1.29 is 18.0 Å². The lowest BCUT2D eigenvalue weighted by Gasteiger charge is -2.24. The summed E-state index contributed by atoms with van der Waals surface area (Å²) in [5, 5.41) is 2.99. The molecule has 0 amide bonds. The zero-order chi connectivity index (χ0) is 17.5. The van der Waals surface area contributed by atoms with Crippen LogP contribution < -0.4 is 16.6 Å². The molecule has 0 aliphatic carbocycles. The number of rotatable bonds is 11. The number of hydrogen-bond acceptors (Lipinski definition) is 7. The van der Waals surface area contributed by atoms with Crippen LogP contribution >= 0.6 is 0 Å². The number of hydrazine groups is 1. The first-order chi connectivity index (χ1) is 10.0. The molecule has 7 nitrogen and oxygen atoms in total. The highest BCUT2D eigenvalue weighted by atomic mass is 32.2. The molecule has 4 N–H and O–H groups in total. The second-order valence-corrected chi connectivity index (χ2v) is 8.54. The van der Waals surface area contributed by atoms with E-state index in [0.29, 0.717) is 13.0 Å². The van der Waals surface area contributed by atoms with E-state index in [1.165, 1.54) is 6.26 Å². The first-order valence-corrected chi connectivity index (χ1v) is 9.52. The molecule has 0 aromatic carbocycles. The fraction of sp³-hybridized carbons (Fsp3) is 0.857. The summed E-state index contributed by atoms with van der Waals surface area (Å²) in [7, 11) is -3.03. The number of nitrogens with one attached hydrogen (secondary N) is 2. The van der Waals surface area contributed by atoms with Gasteiger partial charge in [0.05, 0.1) is 17.8 Å². The maximum Gasteiger partial charge on any atom is 0.218 e.